The van der Waals surface area contributed by atoms with Crippen molar-refractivity contribution in [3.63, 3.8) is 0 Å². The number of carbonyl (C=O) groups is 1. The summed E-state index contributed by atoms with van der Waals surface area (Å²) in [6.07, 6.45) is 4.54. The number of hydrogen-bond acceptors (Lipinski definition) is 4. The van der Waals surface area contributed by atoms with Crippen LogP contribution in [0.4, 0.5) is 0 Å². The highest BCUT2D eigenvalue weighted by Gasteiger charge is 2.29. The highest BCUT2D eigenvalue weighted by atomic mass is 32.1. The van der Waals surface area contributed by atoms with Gasteiger partial charge in [0.2, 0.25) is 0 Å². The number of nitrogens with zero attached hydrogens (tertiary/aromatic N) is 3. The van der Waals surface area contributed by atoms with E-state index in [1.165, 1.54) is 12.8 Å². The summed E-state index contributed by atoms with van der Waals surface area (Å²) in [7, 11) is 0. The number of aromatic nitrogens is 2. The van der Waals surface area contributed by atoms with Crippen LogP contribution in [0.15, 0.2) is 0 Å². The number of carbonyl (C=O) groups excluding carboxylic acids is 1. The number of fused-ring (bicyclic) bond motifs is 1. The number of rotatable bonds is 6. The molecule has 1 aliphatic rings. The summed E-state index contributed by atoms with van der Waals surface area (Å²) >= 11 is 1.54. The molecule has 0 radical (unpaired) electrons. The van der Waals surface area contributed by atoms with Crippen molar-refractivity contribution in [1.82, 2.24) is 14.9 Å². The predicted octanol–water partition coefficient (Wildman–Crippen LogP) is 4.45. The standard InChI is InChI=1S/C18H25N3OS/c1-5-7-10-21(6-2)18(22)15-11(3)14-12(4)19-16(13-8-9-13)20-17(14)23-15/h13H,5-10H2,1-4H3. The van der Waals surface area contributed by atoms with Crippen LogP contribution >= 0.6 is 11.3 Å². The molecular weight excluding hydrogens is 306 g/mol. The first kappa shape index (κ1) is 16.4. The zero-order valence-electron chi connectivity index (χ0n) is 14.5. The van der Waals surface area contributed by atoms with Gasteiger partial charge in [-0.15, -0.1) is 11.3 Å². The van der Waals surface area contributed by atoms with Gasteiger partial charge in [-0.25, -0.2) is 9.97 Å². The van der Waals surface area contributed by atoms with Gasteiger partial charge in [0.15, 0.2) is 0 Å². The lowest BCUT2D eigenvalue weighted by Crippen LogP contribution is -2.31. The van der Waals surface area contributed by atoms with Gasteiger partial charge in [0, 0.05) is 24.4 Å². The summed E-state index contributed by atoms with van der Waals surface area (Å²) in [6, 6.07) is 0. The molecule has 3 rings (SSSR count). The summed E-state index contributed by atoms with van der Waals surface area (Å²) < 4.78 is 0. The molecule has 2 aromatic heterocycles. The maximum Gasteiger partial charge on any atom is 0.264 e. The normalized spacial score (nSPS) is 14.4. The van der Waals surface area contributed by atoms with Gasteiger partial charge in [0.1, 0.15) is 10.7 Å². The van der Waals surface area contributed by atoms with Crippen molar-refractivity contribution < 1.29 is 4.79 Å². The lowest BCUT2D eigenvalue weighted by molar-refractivity contribution is 0.0766. The average molecular weight is 331 g/mol. The Balaban J connectivity index is 1.99. The molecule has 0 unspecified atom stereocenters. The van der Waals surface area contributed by atoms with Crippen molar-refractivity contribution in [2.24, 2.45) is 0 Å². The molecule has 2 heterocycles. The van der Waals surface area contributed by atoms with E-state index in [2.05, 4.69) is 11.9 Å². The summed E-state index contributed by atoms with van der Waals surface area (Å²) in [6.45, 7) is 9.86. The molecule has 0 aromatic carbocycles. The smallest absolute Gasteiger partial charge is 0.264 e. The van der Waals surface area contributed by atoms with Crippen LogP contribution in [-0.2, 0) is 0 Å². The van der Waals surface area contributed by atoms with Crippen molar-refractivity contribution >= 4 is 27.5 Å². The fourth-order valence-electron chi connectivity index (χ4n) is 2.98. The fraction of sp³-hybridized carbons (Fsp3) is 0.611. The number of thiophene rings is 1. The Morgan fingerprint density at radius 1 is 1.26 bits per heavy atom. The molecule has 0 saturated heterocycles. The maximum atomic E-state index is 12.9. The molecule has 124 valence electrons. The van der Waals surface area contributed by atoms with E-state index in [1.54, 1.807) is 11.3 Å². The van der Waals surface area contributed by atoms with Crippen molar-refractivity contribution in [2.75, 3.05) is 13.1 Å². The van der Waals surface area contributed by atoms with E-state index in [4.69, 9.17) is 4.98 Å². The Bertz CT molecular complexity index is 733. The summed E-state index contributed by atoms with van der Waals surface area (Å²) in [5.74, 6) is 1.65. The number of aryl methyl sites for hydroxylation is 2. The van der Waals surface area contributed by atoms with E-state index in [1.807, 2.05) is 25.7 Å². The SMILES string of the molecule is CCCCN(CC)C(=O)c1sc2nc(C3CC3)nc(C)c2c1C. The molecule has 1 saturated carbocycles. The van der Waals surface area contributed by atoms with Gasteiger partial charge in [-0.1, -0.05) is 13.3 Å². The monoisotopic (exact) mass is 331 g/mol. The van der Waals surface area contributed by atoms with E-state index >= 15 is 0 Å². The van der Waals surface area contributed by atoms with Gasteiger partial charge in [0.25, 0.3) is 5.91 Å². The van der Waals surface area contributed by atoms with Crippen LogP contribution in [0.25, 0.3) is 10.2 Å². The van der Waals surface area contributed by atoms with Crippen LogP contribution in [0.2, 0.25) is 0 Å². The second-order valence-corrected chi connectivity index (χ2v) is 7.42. The molecule has 1 fully saturated rings. The maximum absolute atomic E-state index is 12.9. The molecule has 0 atom stereocenters. The topological polar surface area (TPSA) is 46.1 Å². The second-order valence-electron chi connectivity index (χ2n) is 6.42. The van der Waals surface area contributed by atoms with Crippen LogP contribution in [-0.4, -0.2) is 33.9 Å². The van der Waals surface area contributed by atoms with Crippen molar-refractivity contribution in [1.29, 1.82) is 0 Å². The molecule has 1 aliphatic carbocycles. The van der Waals surface area contributed by atoms with Gasteiger partial charge in [0.05, 0.1) is 10.6 Å². The molecule has 1 amide bonds. The minimum absolute atomic E-state index is 0.147. The van der Waals surface area contributed by atoms with Crippen LogP contribution in [0, 0.1) is 13.8 Å². The minimum Gasteiger partial charge on any atom is -0.338 e. The molecule has 5 heteroatoms. The van der Waals surface area contributed by atoms with Crippen molar-refractivity contribution in [3.8, 4) is 0 Å². The third-order valence-corrected chi connectivity index (χ3v) is 5.75. The zero-order valence-corrected chi connectivity index (χ0v) is 15.3. The first-order chi connectivity index (χ1) is 11.1. The third-order valence-electron chi connectivity index (χ3n) is 4.58. The van der Waals surface area contributed by atoms with E-state index in [0.29, 0.717) is 5.92 Å². The second kappa shape index (κ2) is 6.56. The largest absolute Gasteiger partial charge is 0.338 e. The Kier molecular flexibility index (Phi) is 4.67. The predicted molar refractivity (Wildman–Crippen MR) is 95.3 cm³/mol. The van der Waals surface area contributed by atoms with Crippen LogP contribution < -0.4 is 0 Å². The number of amides is 1. The highest BCUT2D eigenvalue weighted by molar-refractivity contribution is 7.20. The van der Waals surface area contributed by atoms with Gasteiger partial charge >= 0.3 is 0 Å². The summed E-state index contributed by atoms with van der Waals surface area (Å²) in [4.78, 5) is 26.1. The average Bonchev–Trinajstić information content (AvgIpc) is 3.32. The summed E-state index contributed by atoms with van der Waals surface area (Å²) in [5, 5.41) is 1.08. The van der Waals surface area contributed by atoms with Gasteiger partial charge < -0.3 is 4.90 Å². The van der Waals surface area contributed by atoms with Crippen molar-refractivity contribution in [3.05, 3.63) is 22.0 Å². The lowest BCUT2D eigenvalue weighted by atomic mass is 10.1. The Hall–Kier alpha value is -1.49. The first-order valence-corrected chi connectivity index (χ1v) is 9.45. The first-order valence-electron chi connectivity index (χ1n) is 8.63. The highest BCUT2D eigenvalue weighted by Crippen LogP contribution is 2.40. The van der Waals surface area contributed by atoms with E-state index in [9.17, 15) is 4.79 Å². The zero-order chi connectivity index (χ0) is 16.6. The number of unbranched alkanes of at least 4 members (excludes halogenated alkanes) is 1. The lowest BCUT2D eigenvalue weighted by Gasteiger charge is -2.20. The molecule has 4 nitrogen and oxygen atoms in total. The van der Waals surface area contributed by atoms with E-state index < -0.39 is 0 Å². The Labute approximate surface area is 141 Å². The number of hydrogen-bond donors (Lipinski definition) is 0. The minimum atomic E-state index is 0.147. The summed E-state index contributed by atoms with van der Waals surface area (Å²) in [5.41, 5.74) is 2.06. The van der Waals surface area contributed by atoms with Crippen molar-refractivity contribution in [2.45, 2.75) is 59.3 Å². The molecule has 0 N–H and O–H groups in total. The van der Waals surface area contributed by atoms with Crippen LogP contribution in [0.1, 0.15) is 72.2 Å². The van der Waals surface area contributed by atoms with E-state index in [0.717, 1.165) is 58.1 Å². The Morgan fingerprint density at radius 3 is 2.61 bits per heavy atom. The Morgan fingerprint density at radius 2 is 2.00 bits per heavy atom. The molecular formula is C18H25N3OS. The van der Waals surface area contributed by atoms with Gasteiger partial charge in [-0.3, -0.25) is 4.79 Å². The fourth-order valence-corrected chi connectivity index (χ4v) is 4.19. The molecule has 2 aromatic rings. The quantitative estimate of drug-likeness (QED) is 0.785. The van der Waals surface area contributed by atoms with Gasteiger partial charge in [-0.05, 0) is 45.6 Å². The molecule has 23 heavy (non-hydrogen) atoms. The third kappa shape index (κ3) is 3.11. The van der Waals surface area contributed by atoms with Gasteiger partial charge in [-0.2, -0.15) is 0 Å². The van der Waals surface area contributed by atoms with E-state index in [-0.39, 0.29) is 5.91 Å². The molecule has 0 spiro atoms. The molecule has 0 aliphatic heterocycles. The molecule has 0 bridgehead atoms. The van der Waals surface area contributed by atoms with Crippen LogP contribution in [0.5, 0.6) is 0 Å². The van der Waals surface area contributed by atoms with Crippen LogP contribution in [0.3, 0.4) is 0 Å².